The Bertz CT molecular complexity index is 518. The third kappa shape index (κ3) is 23.6. The maximum atomic E-state index is 5.68. The number of rotatable bonds is 29. The van der Waals surface area contributed by atoms with Gasteiger partial charge in [-0.25, -0.2) is 20.0 Å². The molecule has 0 unspecified atom stereocenters. The molecule has 0 atom stereocenters. The van der Waals surface area contributed by atoms with Gasteiger partial charge < -0.3 is 9.47 Å². The molecule has 44 heavy (non-hydrogen) atoms. The number of unbranched alkanes of at least 4 members (excludes halogenated alkanes) is 19. The van der Waals surface area contributed by atoms with Gasteiger partial charge >= 0.3 is 0 Å². The summed E-state index contributed by atoms with van der Waals surface area (Å²) in [7, 11) is 0. The molecule has 2 rings (SSSR count). The maximum absolute atomic E-state index is 5.68. The van der Waals surface area contributed by atoms with Gasteiger partial charge in [0.15, 0.2) is 0 Å². The number of hydrazine groups is 2. The Morgan fingerprint density at radius 1 is 0.364 bits per heavy atom. The smallest absolute Gasteiger partial charge is 0.0608 e. The highest BCUT2D eigenvalue weighted by atomic mass is 35.5. The van der Waals surface area contributed by atoms with E-state index in [-0.39, 0.29) is 24.8 Å². The van der Waals surface area contributed by atoms with Crippen molar-refractivity contribution in [3.8, 4) is 0 Å². The van der Waals surface area contributed by atoms with Gasteiger partial charge in [-0.2, -0.15) is 0 Å². The maximum Gasteiger partial charge on any atom is 0.0608 e. The summed E-state index contributed by atoms with van der Waals surface area (Å²) >= 11 is 0. The van der Waals surface area contributed by atoms with Crippen molar-refractivity contribution in [2.24, 2.45) is 0 Å². The Morgan fingerprint density at radius 2 is 0.591 bits per heavy atom. The van der Waals surface area contributed by atoms with Crippen molar-refractivity contribution >= 4 is 24.8 Å². The second kappa shape index (κ2) is 33.2. The first-order valence-corrected chi connectivity index (χ1v) is 19.0. The van der Waals surface area contributed by atoms with E-state index in [9.17, 15) is 0 Å². The number of hydrogen-bond donors (Lipinski definition) is 0. The van der Waals surface area contributed by atoms with E-state index >= 15 is 0 Å². The molecule has 2 aliphatic heterocycles. The van der Waals surface area contributed by atoms with Crippen LogP contribution in [0.25, 0.3) is 0 Å². The molecule has 0 N–H and O–H groups in total. The zero-order valence-corrected chi connectivity index (χ0v) is 31.1. The normalized spacial score (nSPS) is 16.4. The molecule has 8 heteroatoms. The third-order valence-corrected chi connectivity index (χ3v) is 9.40. The van der Waals surface area contributed by atoms with Crippen LogP contribution in [0.2, 0.25) is 0 Å². The van der Waals surface area contributed by atoms with Crippen LogP contribution in [0.1, 0.15) is 155 Å². The van der Waals surface area contributed by atoms with Crippen molar-refractivity contribution in [2.75, 3.05) is 78.8 Å². The lowest BCUT2D eigenvalue weighted by molar-refractivity contribution is -0.0981. The van der Waals surface area contributed by atoms with Crippen LogP contribution in [-0.2, 0) is 9.47 Å². The standard InChI is InChI=1S/C36H74N4O2.2ClH/c1-3-5-7-9-11-13-15-17-19-21-25-37(39-29-33-41-34-30-39)27-23-24-28-38(40-31-35-42-36-32-40)26-22-20-18-16-14-12-10-8-6-4-2;;/h3-36H2,1-2H3;2*1H. The molecule has 0 bridgehead atoms. The van der Waals surface area contributed by atoms with Gasteiger partial charge in [0.25, 0.3) is 0 Å². The van der Waals surface area contributed by atoms with Crippen LogP contribution in [-0.4, -0.2) is 98.8 Å². The van der Waals surface area contributed by atoms with Gasteiger partial charge in [0.05, 0.1) is 26.4 Å². The van der Waals surface area contributed by atoms with Crippen LogP contribution in [0.15, 0.2) is 0 Å². The van der Waals surface area contributed by atoms with E-state index < -0.39 is 0 Å². The van der Waals surface area contributed by atoms with Crippen molar-refractivity contribution < 1.29 is 9.47 Å². The quantitative estimate of drug-likeness (QED) is 0.0739. The highest BCUT2D eigenvalue weighted by molar-refractivity contribution is 5.85. The van der Waals surface area contributed by atoms with Gasteiger partial charge in [-0.3, -0.25) is 0 Å². The predicted molar refractivity (Wildman–Crippen MR) is 195 cm³/mol. The van der Waals surface area contributed by atoms with Gasteiger partial charge in [-0.1, -0.05) is 129 Å². The Balaban J connectivity index is 0.00000924. The van der Waals surface area contributed by atoms with Crippen molar-refractivity contribution in [3.63, 3.8) is 0 Å². The van der Waals surface area contributed by atoms with Crippen molar-refractivity contribution in [1.82, 2.24) is 20.0 Å². The monoisotopic (exact) mass is 667 g/mol. The molecule has 266 valence electrons. The van der Waals surface area contributed by atoms with Gasteiger partial charge in [0, 0.05) is 52.4 Å². The number of hydrogen-bond acceptors (Lipinski definition) is 6. The van der Waals surface area contributed by atoms with Crippen LogP contribution in [0.5, 0.6) is 0 Å². The molecule has 0 spiro atoms. The fourth-order valence-corrected chi connectivity index (χ4v) is 6.61. The van der Waals surface area contributed by atoms with E-state index in [2.05, 4.69) is 33.9 Å². The van der Waals surface area contributed by atoms with Crippen molar-refractivity contribution in [2.45, 2.75) is 155 Å². The molecule has 0 amide bonds. The second-order valence-corrected chi connectivity index (χ2v) is 13.1. The first-order valence-electron chi connectivity index (χ1n) is 19.0. The minimum atomic E-state index is 0. The lowest BCUT2D eigenvalue weighted by Gasteiger charge is -2.39. The second-order valence-electron chi connectivity index (χ2n) is 13.1. The van der Waals surface area contributed by atoms with Gasteiger partial charge in [-0.15, -0.1) is 24.8 Å². The summed E-state index contributed by atoms with van der Waals surface area (Å²) < 4.78 is 11.4. The summed E-state index contributed by atoms with van der Waals surface area (Å²) in [4.78, 5) is 0. The Morgan fingerprint density at radius 3 is 0.864 bits per heavy atom. The van der Waals surface area contributed by atoms with E-state index in [1.165, 1.54) is 167 Å². The summed E-state index contributed by atoms with van der Waals surface area (Å²) in [5, 5.41) is 10.6. The molecule has 6 nitrogen and oxygen atoms in total. The predicted octanol–water partition coefficient (Wildman–Crippen LogP) is 9.55. The van der Waals surface area contributed by atoms with Gasteiger partial charge in [0.1, 0.15) is 0 Å². The zero-order valence-electron chi connectivity index (χ0n) is 29.5. The van der Waals surface area contributed by atoms with Gasteiger partial charge in [-0.05, 0) is 25.7 Å². The summed E-state index contributed by atoms with van der Waals surface area (Å²) in [5.41, 5.74) is 0. The van der Waals surface area contributed by atoms with E-state index in [4.69, 9.17) is 9.47 Å². The van der Waals surface area contributed by atoms with Crippen LogP contribution in [0, 0.1) is 0 Å². The lowest BCUT2D eigenvalue weighted by Crippen LogP contribution is -2.50. The number of morpholine rings is 2. The van der Waals surface area contributed by atoms with Crippen LogP contribution < -0.4 is 0 Å². The van der Waals surface area contributed by atoms with Crippen LogP contribution >= 0.6 is 24.8 Å². The fraction of sp³-hybridized carbons (Fsp3) is 1.00. The summed E-state index contributed by atoms with van der Waals surface area (Å²) in [6.07, 6.45) is 30.8. The molecule has 2 aliphatic rings. The average molecular weight is 668 g/mol. The Hall–Kier alpha value is 0.340. The minimum Gasteiger partial charge on any atom is -0.379 e. The van der Waals surface area contributed by atoms with E-state index in [0.717, 1.165) is 52.6 Å². The molecule has 0 aromatic heterocycles. The lowest BCUT2D eigenvalue weighted by atomic mass is 10.1. The summed E-state index contributed by atoms with van der Waals surface area (Å²) in [5.74, 6) is 0. The highest BCUT2D eigenvalue weighted by Gasteiger charge is 2.20. The number of ether oxygens (including phenoxy) is 2. The van der Waals surface area contributed by atoms with Crippen LogP contribution in [0.4, 0.5) is 0 Å². The molecule has 2 heterocycles. The molecule has 0 saturated carbocycles. The topological polar surface area (TPSA) is 31.4 Å². The molecular formula is C36H76Cl2N4O2. The molecule has 0 radical (unpaired) electrons. The summed E-state index contributed by atoms with van der Waals surface area (Å²) in [6, 6.07) is 0. The molecule has 2 fully saturated rings. The highest BCUT2D eigenvalue weighted by Crippen LogP contribution is 2.15. The largest absolute Gasteiger partial charge is 0.379 e. The SMILES string of the molecule is CCCCCCCCCCCCN(CCCCN(CCCCCCCCCCCC)N1CCOCC1)N1CCOCC1.Cl.Cl. The van der Waals surface area contributed by atoms with Gasteiger partial charge in [0.2, 0.25) is 0 Å². The molecule has 0 aliphatic carbocycles. The minimum absolute atomic E-state index is 0. The van der Waals surface area contributed by atoms with Crippen LogP contribution in [0.3, 0.4) is 0 Å². The van der Waals surface area contributed by atoms with Crippen molar-refractivity contribution in [3.05, 3.63) is 0 Å². The molecular weight excluding hydrogens is 591 g/mol. The summed E-state index contributed by atoms with van der Waals surface area (Å²) in [6.45, 7) is 17.3. The first kappa shape index (κ1) is 44.3. The third-order valence-electron chi connectivity index (χ3n) is 9.40. The molecule has 0 aromatic carbocycles. The molecule has 2 saturated heterocycles. The number of halogens is 2. The van der Waals surface area contributed by atoms with E-state index in [0.29, 0.717) is 0 Å². The zero-order chi connectivity index (χ0) is 29.8. The Kier molecular flexibility index (Phi) is 33.5. The van der Waals surface area contributed by atoms with E-state index in [1.807, 2.05) is 0 Å². The number of nitrogens with zero attached hydrogens (tertiary/aromatic N) is 4. The van der Waals surface area contributed by atoms with Crippen molar-refractivity contribution in [1.29, 1.82) is 0 Å². The molecule has 0 aromatic rings. The average Bonchev–Trinajstić information content (AvgIpc) is 3.03. The van der Waals surface area contributed by atoms with E-state index in [1.54, 1.807) is 0 Å². The first-order chi connectivity index (χ1) is 20.8. The fourth-order valence-electron chi connectivity index (χ4n) is 6.61. The Labute approximate surface area is 287 Å².